The highest BCUT2D eigenvalue weighted by atomic mass is 35.5. The molecule has 0 saturated carbocycles. The summed E-state index contributed by atoms with van der Waals surface area (Å²) in [6.45, 7) is 0. The van der Waals surface area contributed by atoms with Crippen LogP contribution in [0.1, 0.15) is 0 Å². The summed E-state index contributed by atoms with van der Waals surface area (Å²) >= 11 is 7.10. The normalized spacial score (nSPS) is 10.6. The Bertz CT molecular complexity index is 1010. The molecule has 0 atom stereocenters. The number of rotatable bonds is 6. The van der Waals surface area contributed by atoms with E-state index in [0.717, 1.165) is 29.6 Å². The van der Waals surface area contributed by atoms with Crippen LogP contribution in [0.25, 0.3) is 5.69 Å². The summed E-state index contributed by atoms with van der Waals surface area (Å²) in [6.07, 6.45) is 1.50. The van der Waals surface area contributed by atoms with Crippen molar-refractivity contribution < 1.29 is 14.1 Å². The zero-order valence-corrected chi connectivity index (χ0v) is 15.1. The molecule has 0 unspecified atom stereocenters. The lowest BCUT2D eigenvalue weighted by Gasteiger charge is -2.07. The lowest BCUT2D eigenvalue weighted by Crippen LogP contribution is -2.14. The Kier molecular flexibility index (Phi) is 5.67. The summed E-state index contributed by atoms with van der Waals surface area (Å²) in [7, 11) is 0. The predicted octanol–water partition coefficient (Wildman–Crippen LogP) is 3.70. The number of amides is 1. The number of nitrogens with one attached hydrogen (secondary N) is 1. The molecule has 11 heteroatoms. The van der Waals surface area contributed by atoms with E-state index in [4.69, 9.17) is 11.6 Å². The average Bonchev–Trinajstić information content (AvgIpc) is 3.10. The van der Waals surface area contributed by atoms with Gasteiger partial charge in [-0.3, -0.25) is 19.5 Å². The minimum Gasteiger partial charge on any atom is -0.325 e. The smallest absolute Gasteiger partial charge is 0.306 e. The minimum absolute atomic E-state index is 0.0234. The van der Waals surface area contributed by atoms with E-state index < -0.39 is 22.3 Å². The number of anilines is 1. The minimum atomic E-state index is -0.970. The number of thioether (sulfide) groups is 1. The number of carbonyl (C=O) groups excluding carboxylic acids is 1. The van der Waals surface area contributed by atoms with Crippen molar-refractivity contribution in [2.75, 3.05) is 11.1 Å². The van der Waals surface area contributed by atoms with Gasteiger partial charge in [0.25, 0.3) is 0 Å². The third-order valence-electron chi connectivity index (χ3n) is 3.36. The van der Waals surface area contributed by atoms with Crippen LogP contribution >= 0.6 is 23.4 Å². The number of hydrogen-bond donors (Lipinski definition) is 1. The maximum absolute atomic E-state index is 13.3. The van der Waals surface area contributed by atoms with Crippen LogP contribution in [0.4, 0.5) is 15.8 Å². The fourth-order valence-electron chi connectivity index (χ4n) is 2.18. The first-order valence-corrected chi connectivity index (χ1v) is 8.83. The zero-order chi connectivity index (χ0) is 19.4. The summed E-state index contributed by atoms with van der Waals surface area (Å²) < 4.78 is 15.0. The largest absolute Gasteiger partial charge is 0.325 e. The van der Waals surface area contributed by atoms with Gasteiger partial charge < -0.3 is 5.32 Å². The lowest BCUT2D eigenvalue weighted by atomic mass is 10.2. The molecule has 0 radical (unpaired) electrons. The lowest BCUT2D eigenvalue weighted by molar-refractivity contribution is -0.387. The van der Waals surface area contributed by atoms with Crippen molar-refractivity contribution >= 4 is 40.6 Å². The third kappa shape index (κ3) is 4.60. The van der Waals surface area contributed by atoms with Gasteiger partial charge in [-0.05, 0) is 30.3 Å². The van der Waals surface area contributed by atoms with Crippen molar-refractivity contribution in [2.45, 2.75) is 5.16 Å². The highest BCUT2D eigenvalue weighted by molar-refractivity contribution is 7.99. The quantitative estimate of drug-likeness (QED) is 0.379. The molecule has 0 aliphatic heterocycles. The molecule has 8 nitrogen and oxygen atoms in total. The molecule has 2 aromatic carbocycles. The van der Waals surface area contributed by atoms with E-state index in [0.29, 0.717) is 10.2 Å². The number of carbonyl (C=O) groups is 1. The SMILES string of the molecule is O=C(CSc1nncn1-c1cccc(Cl)c1)Nc1ccc(F)c([N+](=O)[O-])c1. The number of nitro groups is 1. The highest BCUT2D eigenvalue weighted by Gasteiger charge is 2.16. The summed E-state index contributed by atoms with van der Waals surface area (Å²) in [5.74, 6) is -1.42. The molecule has 0 spiro atoms. The van der Waals surface area contributed by atoms with Crippen LogP contribution in [0, 0.1) is 15.9 Å². The van der Waals surface area contributed by atoms with E-state index in [1.165, 1.54) is 12.4 Å². The molecule has 1 aromatic heterocycles. The summed E-state index contributed by atoms with van der Waals surface area (Å²) in [6, 6.07) is 10.2. The van der Waals surface area contributed by atoms with Crippen molar-refractivity contribution in [3.63, 3.8) is 0 Å². The van der Waals surface area contributed by atoms with Crippen molar-refractivity contribution in [1.82, 2.24) is 14.8 Å². The monoisotopic (exact) mass is 407 g/mol. The van der Waals surface area contributed by atoms with E-state index in [1.54, 1.807) is 22.8 Å². The van der Waals surface area contributed by atoms with Gasteiger partial charge in [-0.25, -0.2) is 0 Å². The second-order valence-electron chi connectivity index (χ2n) is 5.22. The number of halogens is 2. The second kappa shape index (κ2) is 8.14. The van der Waals surface area contributed by atoms with Crippen LogP contribution in [-0.4, -0.2) is 31.3 Å². The molecule has 0 fully saturated rings. The van der Waals surface area contributed by atoms with Gasteiger partial charge in [0.2, 0.25) is 11.7 Å². The molecular weight excluding hydrogens is 397 g/mol. The molecule has 27 heavy (non-hydrogen) atoms. The van der Waals surface area contributed by atoms with Gasteiger partial charge in [-0.1, -0.05) is 29.4 Å². The Morgan fingerprint density at radius 3 is 2.89 bits per heavy atom. The van der Waals surface area contributed by atoms with Gasteiger partial charge in [-0.15, -0.1) is 10.2 Å². The van der Waals surface area contributed by atoms with E-state index in [2.05, 4.69) is 15.5 Å². The Labute approximate surface area is 161 Å². The van der Waals surface area contributed by atoms with Gasteiger partial charge in [0.1, 0.15) is 6.33 Å². The number of nitro benzene ring substituents is 1. The summed E-state index contributed by atoms with van der Waals surface area (Å²) in [5, 5.41) is 22.1. The maximum atomic E-state index is 13.3. The number of nitrogens with zero attached hydrogens (tertiary/aromatic N) is 4. The van der Waals surface area contributed by atoms with Crippen molar-refractivity contribution in [2.24, 2.45) is 0 Å². The standard InChI is InChI=1S/C16H11ClFN5O3S/c17-10-2-1-3-12(6-10)22-9-19-21-16(22)27-8-15(24)20-11-4-5-13(18)14(7-11)23(25)26/h1-7,9H,8H2,(H,20,24). The molecule has 138 valence electrons. The van der Waals surface area contributed by atoms with E-state index in [1.807, 2.05) is 6.07 Å². The van der Waals surface area contributed by atoms with Crippen molar-refractivity contribution in [3.8, 4) is 5.69 Å². The van der Waals surface area contributed by atoms with Crippen LogP contribution in [0.2, 0.25) is 5.02 Å². The van der Waals surface area contributed by atoms with Crippen molar-refractivity contribution in [1.29, 1.82) is 0 Å². The molecule has 1 N–H and O–H groups in total. The Balaban J connectivity index is 1.66. The van der Waals surface area contributed by atoms with Gasteiger partial charge in [-0.2, -0.15) is 4.39 Å². The molecular formula is C16H11ClFN5O3S. The first kappa shape index (κ1) is 18.8. The fourth-order valence-corrected chi connectivity index (χ4v) is 3.10. The third-order valence-corrected chi connectivity index (χ3v) is 4.54. The van der Waals surface area contributed by atoms with Crippen LogP contribution in [0.3, 0.4) is 0 Å². The Hall–Kier alpha value is -2.98. The average molecular weight is 408 g/mol. The zero-order valence-electron chi connectivity index (χ0n) is 13.5. The summed E-state index contributed by atoms with van der Waals surface area (Å²) in [5.41, 5.74) is 0.163. The molecule has 3 rings (SSSR count). The van der Waals surface area contributed by atoms with Gasteiger partial charge in [0.15, 0.2) is 5.16 Å². The Morgan fingerprint density at radius 1 is 1.33 bits per heavy atom. The van der Waals surface area contributed by atoms with Gasteiger partial charge in [0.05, 0.1) is 16.4 Å². The van der Waals surface area contributed by atoms with Crippen molar-refractivity contribution in [3.05, 3.63) is 69.7 Å². The topological polar surface area (TPSA) is 103 Å². The molecule has 1 heterocycles. The molecule has 1 amide bonds. The number of benzene rings is 2. The van der Waals surface area contributed by atoms with E-state index in [9.17, 15) is 19.3 Å². The van der Waals surface area contributed by atoms with Crippen LogP contribution < -0.4 is 5.32 Å². The van der Waals surface area contributed by atoms with Gasteiger partial charge >= 0.3 is 5.69 Å². The maximum Gasteiger partial charge on any atom is 0.306 e. The molecule has 0 aliphatic rings. The number of hydrogen-bond acceptors (Lipinski definition) is 6. The first-order valence-electron chi connectivity index (χ1n) is 7.46. The van der Waals surface area contributed by atoms with Crippen LogP contribution in [0.5, 0.6) is 0 Å². The molecule has 0 aliphatic carbocycles. The van der Waals surface area contributed by atoms with Crippen LogP contribution in [-0.2, 0) is 4.79 Å². The molecule has 3 aromatic rings. The fraction of sp³-hybridized carbons (Fsp3) is 0.0625. The van der Waals surface area contributed by atoms with E-state index >= 15 is 0 Å². The molecule has 0 saturated heterocycles. The highest BCUT2D eigenvalue weighted by Crippen LogP contribution is 2.24. The first-order chi connectivity index (χ1) is 12.9. The van der Waals surface area contributed by atoms with E-state index in [-0.39, 0.29) is 11.4 Å². The number of aromatic nitrogens is 3. The Morgan fingerprint density at radius 2 is 2.15 bits per heavy atom. The van der Waals surface area contributed by atoms with Gasteiger partial charge in [0, 0.05) is 16.8 Å². The van der Waals surface area contributed by atoms with Crippen LogP contribution in [0.15, 0.2) is 53.9 Å². The summed E-state index contributed by atoms with van der Waals surface area (Å²) in [4.78, 5) is 22.0. The second-order valence-corrected chi connectivity index (χ2v) is 6.60. The molecule has 0 bridgehead atoms. The predicted molar refractivity (Wildman–Crippen MR) is 98.8 cm³/mol.